The number of carbonyl (C=O) groups is 1. The van der Waals surface area contributed by atoms with Crippen LogP contribution in [0.1, 0.15) is 11.5 Å². The van der Waals surface area contributed by atoms with Gasteiger partial charge in [0.2, 0.25) is 0 Å². The van der Waals surface area contributed by atoms with Crippen LogP contribution in [0.3, 0.4) is 0 Å². The zero-order valence-electron chi connectivity index (χ0n) is 8.83. The number of aliphatic carboxylic acids is 1. The van der Waals surface area contributed by atoms with Crippen LogP contribution in [0.5, 0.6) is 0 Å². The van der Waals surface area contributed by atoms with Crippen molar-refractivity contribution in [3.8, 4) is 0 Å². The summed E-state index contributed by atoms with van der Waals surface area (Å²) in [7, 11) is 0. The maximum Gasteiger partial charge on any atom is 0.313 e. The summed E-state index contributed by atoms with van der Waals surface area (Å²) >= 11 is 0. The molecule has 2 rings (SSSR count). The van der Waals surface area contributed by atoms with Gasteiger partial charge in [-0.3, -0.25) is 4.79 Å². The number of carboxylic acid groups (broad SMARTS) is 1. The number of rotatable bonds is 5. The number of benzene rings is 1. The predicted octanol–water partition coefficient (Wildman–Crippen LogP) is 1.27. The molecule has 0 amide bonds. The Hall–Kier alpha value is -1.39. The van der Waals surface area contributed by atoms with Gasteiger partial charge < -0.3 is 14.6 Å². The fraction of sp³-hybridized carbons (Fsp3) is 0.417. The second-order valence-corrected chi connectivity index (χ2v) is 3.79. The van der Waals surface area contributed by atoms with E-state index >= 15 is 0 Å². The van der Waals surface area contributed by atoms with E-state index < -0.39 is 11.9 Å². The van der Waals surface area contributed by atoms with Crippen LogP contribution >= 0.6 is 0 Å². The topological polar surface area (TPSA) is 55.8 Å². The van der Waals surface area contributed by atoms with Crippen molar-refractivity contribution in [2.75, 3.05) is 19.8 Å². The van der Waals surface area contributed by atoms with Crippen LogP contribution in [0.4, 0.5) is 0 Å². The van der Waals surface area contributed by atoms with E-state index in [1.54, 1.807) is 12.1 Å². The molecule has 0 radical (unpaired) electrons. The molecule has 1 heterocycles. The van der Waals surface area contributed by atoms with Gasteiger partial charge in [0.1, 0.15) is 12.0 Å². The van der Waals surface area contributed by atoms with Crippen LogP contribution in [0.15, 0.2) is 30.3 Å². The molecule has 1 aliphatic heterocycles. The molecule has 0 saturated carbocycles. The lowest BCUT2D eigenvalue weighted by molar-refractivity contribution is -0.150. The molecule has 1 unspecified atom stereocenters. The second kappa shape index (κ2) is 5.09. The van der Waals surface area contributed by atoms with Crippen molar-refractivity contribution in [2.45, 2.75) is 12.0 Å². The van der Waals surface area contributed by atoms with Gasteiger partial charge in [-0.1, -0.05) is 30.3 Å². The maximum absolute atomic E-state index is 11.1. The molecule has 4 heteroatoms. The molecule has 0 aromatic heterocycles. The summed E-state index contributed by atoms with van der Waals surface area (Å²) in [5, 5.41) is 9.12. The van der Waals surface area contributed by atoms with E-state index in [-0.39, 0.29) is 12.7 Å². The Morgan fingerprint density at radius 1 is 1.44 bits per heavy atom. The fourth-order valence-corrected chi connectivity index (χ4v) is 1.54. The lowest BCUT2D eigenvalue weighted by Crippen LogP contribution is -2.37. The summed E-state index contributed by atoms with van der Waals surface area (Å²) in [6.45, 7) is 1.34. The van der Waals surface area contributed by atoms with Gasteiger partial charge in [-0.05, 0) is 5.56 Å². The van der Waals surface area contributed by atoms with Crippen LogP contribution in [-0.4, -0.2) is 37.0 Å². The third kappa shape index (κ3) is 2.59. The first-order valence-electron chi connectivity index (χ1n) is 5.24. The van der Waals surface area contributed by atoms with E-state index in [4.69, 9.17) is 14.6 Å². The molecule has 1 aromatic rings. The molecule has 1 aromatic carbocycles. The van der Waals surface area contributed by atoms with Crippen molar-refractivity contribution >= 4 is 5.97 Å². The Labute approximate surface area is 93.8 Å². The highest BCUT2D eigenvalue weighted by atomic mass is 16.6. The first-order valence-corrected chi connectivity index (χ1v) is 5.24. The summed E-state index contributed by atoms with van der Waals surface area (Å²) in [6, 6.07) is 9.14. The van der Waals surface area contributed by atoms with Crippen molar-refractivity contribution in [3.05, 3.63) is 35.9 Å². The van der Waals surface area contributed by atoms with Gasteiger partial charge in [-0.15, -0.1) is 0 Å². The van der Waals surface area contributed by atoms with E-state index in [2.05, 4.69) is 0 Å². The summed E-state index contributed by atoms with van der Waals surface area (Å²) < 4.78 is 10.4. The SMILES string of the molecule is O=C(O)C(COC1COC1)c1ccccc1. The molecule has 16 heavy (non-hydrogen) atoms. The number of ether oxygens (including phenoxy) is 2. The average Bonchev–Trinajstić information content (AvgIpc) is 2.22. The minimum absolute atomic E-state index is 0.0607. The first kappa shape index (κ1) is 11.1. The van der Waals surface area contributed by atoms with Crippen molar-refractivity contribution < 1.29 is 19.4 Å². The zero-order chi connectivity index (χ0) is 11.4. The van der Waals surface area contributed by atoms with E-state index in [1.807, 2.05) is 18.2 Å². The van der Waals surface area contributed by atoms with Gasteiger partial charge >= 0.3 is 5.97 Å². The quantitative estimate of drug-likeness (QED) is 0.815. The molecule has 4 nitrogen and oxygen atoms in total. The molecule has 1 fully saturated rings. The highest BCUT2D eigenvalue weighted by molar-refractivity contribution is 5.76. The van der Waals surface area contributed by atoms with Crippen LogP contribution < -0.4 is 0 Å². The van der Waals surface area contributed by atoms with E-state index in [0.717, 1.165) is 5.56 Å². The predicted molar refractivity (Wildman–Crippen MR) is 57.4 cm³/mol. The van der Waals surface area contributed by atoms with Crippen LogP contribution in [0, 0.1) is 0 Å². The van der Waals surface area contributed by atoms with E-state index in [9.17, 15) is 4.79 Å². The second-order valence-electron chi connectivity index (χ2n) is 3.79. The number of carboxylic acids is 1. The third-order valence-electron chi connectivity index (χ3n) is 2.61. The number of hydrogen-bond acceptors (Lipinski definition) is 3. The number of hydrogen-bond donors (Lipinski definition) is 1. The smallest absolute Gasteiger partial charge is 0.313 e. The molecule has 1 aliphatic rings. The third-order valence-corrected chi connectivity index (χ3v) is 2.61. The molecule has 1 N–H and O–H groups in total. The van der Waals surface area contributed by atoms with Gasteiger partial charge in [0.05, 0.1) is 19.8 Å². The summed E-state index contributed by atoms with van der Waals surface area (Å²) in [6.07, 6.45) is 0.0607. The summed E-state index contributed by atoms with van der Waals surface area (Å²) in [5.74, 6) is -1.45. The highest BCUT2D eigenvalue weighted by Crippen LogP contribution is 2.18. The first-order chi connectivity index (χ1) is 7.77. The van der Waals surface area contributed by atoms with Gasteiger partial charge in [0.25, 0.3) is 0 Å². The van der Waals surface area contributed by atoms with Crippen molar-refractivity contribution in [1.82, 2.24) is 0 Å². The largest absolute Gasteiger partial charge is 0.481 e. The van der Waals surface area contributed by atoms with Crippen molar-refractivity contribution in [3.63, 3.8) is 0 Å². The van der Waals surface area contributed by atoms with Crippen LogP contribution in [0.25, 0.3) is 0 Å². The molecular weight excluding hydrogens is 208 g/mol. The Morgan fingerprint density at radius 3 is 2.62 bits per heavy atom. The Bertz CT molecular complexity index is 345. The Balaban J connectivity index is 1.96. The van der Waals surface area contributed by atoms with Gasteiger partial charge in [0, 0.05) is 0 Å². The average molecular weight is 222 g/mol. The molecule has 86 valence electrons. The standard InChI is InChI=1S/C12H14O4/c13-12(14)11(8-16-10-6-15-7-10)9-4-2-1-3-5-9/h1-5,10-11H,6-8H2,(H,13,14). The van der Waals surface area contributed by atoms with E-state index in [0.29, 0.717) is 13.2 Å². The fourth-order valence-electron chi connectivity index (χ4n) is 1.54. The van der Waals surface area contributed by atoms with Crippen LogP contribution in [-0.2, 0) is 14.3 Å². The van der Waals surface area contributed by atoms with Gasteiger partial charge in [0.15, 0.2) is 0 Å². The molecule has 1 atom stereocenters. The Morgan fingerprint density at radius 2 is 2.12 bits per heavy atom. The molecular formula is C12H14O4. The van der Waals surface area contributed by atoms with Gasteiger partial charge in [-0.25, -0.2) is 0 Å². The summed E-state index contributed by atoms with van der Waals surface area (Å²) in [5.41, 5.74) is 0.773. The molecule has 0 spiro atoms. The molecule has 0 bridgehead atoms. The molecule has 1 saturated heterocycles. The zero-order valence-corrected chi connectivity index (χ0v) is 8.83. The minimum Gasteiger partial charge on any atom is -0.481 e. The Kier molecular flexibility index (Phi) is 3.54. The van der Waals surface area contributed by atoms with Crippen molar-refractivity contribution in [1.29, 1.82) is 0 Å². The van der Waals surface area contributed by atoms with Crippen molar-refractivity contribution in [2.24, 2.45) is 0 Å². The normalized spacial score (nSPS) is 17.8. The highest BCUT2D eigenvalue weighted by Gasteiger charge is 2.25. The van der Waals surface area contributed by atoms with E-state index in [1.165, 1.54) is 0 Å². The minimum atomic E-state index is -0.855. The lowest BCUT2D eigenvalue weighted by atomic mass is 10.0. The lowest BCUT2D eigenvalue weighted by Gasteiger charge is -2.27. The van der Waals surface area contributed by atoms with Gasteiger partial charge in [-0.2, -0.15) is 0 Å². The monoisotopic (exact) mass is 222 g/mol. The molecule has 0 aliphatic carbocycles. The maximum atomic E-state index is 11.1. The van der Waals surface area contributed by atoms with Crippen LogP contribution in [0.2, 0.25) is 0 Å². The summed E-state index contributed by atoms with van der Waals surface area (Å²) in [4.78, 5) is 11.1.